The van der Waals surface area contributed by atoms with Gasteiger partial charge in [-0.25, -0.2) is 8.98 Å². The lowest BCUT2D eigenvalue weighted by Gasteiger charge is -2.44. The predicted octanol–water partition coefficient (Wildman–Crippen LogP) is -4.98. The lowest BCUT2D eigenvalue weighted by molar-refractivity contribution is -0.312. The number of ether oxygens (including phenoxy) is 5. The average Bonchev–Trinajstić information content (AvgIpc) is 2.85. The number of aliphatic carboxylic acids is 1. The molecule has 19 heteroatoms. The SMILES string of the molecule is CC1O[C@@H](OCC2C(CO[C@@H]3OC(C(=O)O)=CC(O)C3O)C(O)OC(CO)[C@@H]2O)C(O)C(OS(=O)(=O)O)[C@H]1O. The van der Waals surface area contributed by atoms with Crippen LogP contribution in [-0.2, 0) is 43.1 Å². The van der Waals surface area contributed by atoms with Crippen LogP contribution in [-0.4, -0.2) is 147 Å². The van der Waals surface area contributed by atoms with E-state index in [0.29, 0.717) is 0 Å². The fraction of sp³-hybridized carbons (Fsp3) is 0.850. The van der Waals surface area contributed by atoms with Crippen LogP contribution in [0.4, 0.5) is 0 Å². The van der Waals surface area contributed by atoms with E-state index >= 15 is 0 Å². The number of hydrogen-bond donors (Lipinski definition) is 9. The molecule has 2 saturated heterocycles. The highest BCUT2D eigenvalue weighted by Gasteiger charge is 2.49. The van der Waals surface area contributed by atoms with Crippen molar-refractivity contribution in [1.82, 2.24) is 0 Å². The van der Waals surface area contributed by atoms with Crippen molar-refractivity contribution in [2.75, 3.05) is 19.8 Å². The second-order valence-corrected chi connectivity index (χ2v) is 10.3. The summed E-state index contributed by atoms with van der Waals surface area (Å²) in [6.07, 6.45) is -17.3. The van der Waals surface area contributed by atoms with Gasteiger partial charge in [0.25, 0.3) is 0 Å². The number of rotatable bonds is 10. The van der Waals surface area contributed by atoms with Crippen molar-refractivity contribution in [2.45, 2.75) is 74.6 Å². The summed E-state index contributed by atoms with van der Waals surface area (Å²) in [6, 6.07) is 0. The minimum absolute atomic E-state index is 0.563. The predicted molar refractivity (Wildman–Crippen MR) is 118 cm³/mol. The van der Waals surface area contributed by atoms with Gasteiger partial charge in [0, 0.05) is 11.8 Å². The molecule has 9 N–H and O–H groups in total. The van der Waals surface area contributed by atoms with Gasteiger partial charge in [0.15, 0.2) is 12.6 Å². The Labute approximate surface area is 221 Å². The molecule has 0 aromatic heterocycles. The molecule has 0 aromatic carbocycles. The Morgan fingerprint density at radius 2 is 1.54 bits per heavy atom. The highest BCUT2D eigenvalue weighted by atomic mass is 32.3. The van der Waals surface area contributed by atoms with Crippen LogP contribution in [0.2, 0.25) is 0 Å². The number of hydrogen-bond acceptors (Lipinski definition) is 16. The van der Waals surface area contributed by atoms with E-state index in [2.05, 4.69) is 4.18 Å². The molecule has 0 aliphatic carbocycles. The van der Waals surface area contributed by atoms with Crippen molar-refractivity contribution in [3.63, 3.8) is 0 Å². The minimum atomic E-state index is -5.10. The van der Waals surface area contributed by atoms with Crippen LogP contribution in [0.1, 0.15) is 6.92 Å². The van der Waals surface area contributed by atoms with E-state index in [4.69, 9.17) is 33.3 Å². The van der Waals surface area contributed by atoms with Crippen LogP contribution in [0, 0.1) is 11.8 Å². The van der Waals surface area contributed by atoms with E-state index in [1.165, 1.54) is 6.92 Å². The monoisotopic (exact) mass is 592 g/mol. The standard InChI is InChI=1S/C20H32O18S/c1-6-12(23)16(38-39(30,31)32)15(26)20(35-6)33-4-7-8(18(29)36-11(3-21)13(7)24)5-34-19-14(25)9(22)2-10(37-19)17(27)28/h2,6-9,11-16,18-26,29H,3-5H2,1H3,(H,27,28)(H,30,31,32)/t6?,7?,8?,9?,11?,12-,13+,14?,15?,16?,18?,19+,20+/m0/s1. The Kier molecular flexibility index (Phi) is 10.6. The van der Waals surface area contributed by atoms with Crippen LogP contribution in [0.3, 0.4) is 0 Å². The Morgan fingerprint density at radius 1 is 0.923 bits per heavy atom. The van der Waals surface area contributed by atoms with Crippen molar-refractivity contribution in [3.05, 3.63) is 11.8 Å². The lowest BCUT2D eigenvalue weighted by atomic mass is 9.83. The van der Waals surface area contributed by atoms with Gasteiger partial charge >= 0.3 is 16.4 Å². The fourth-order valence-electron chi connectivity index (χ4n) is 4.38. The van der Waals surface area contributed by atoms with E-state index in [9.17, 15) is 49.0 Å². The molecule has 0 spiro atoms. The molecular weight excluding hydrogens is 560 g/mol. The first-order valence-corrected chi connectivity index (χ1v) is 13.0. The molecule has 2 fully saturated rings. The topological polar surface area (TPSA) is 289 Å². The molecule has 0 amide bonds. The van der Waals surface area contributed by atoms with Crippen molar-refractivity contribution >= 4 is 16.4 Å². The number of aliphatic hydroxyl groups excluding tert-OH is 7. The molecule has 0 radical (unpaired) electrons. The van der Waals surface area contributed by atoms with E-state index in [0.717, 1.165) is 6.08 Å². The summed E-state index contributed by atoms with van der Waals surface area (Å²) < 4.78 is 62.0. The number of aliphatic hydroxyl groups is 7. The molecular formula is C20H32O18S. The van der Waals surface area contributed by atoms with Crippen molar-refractivity contribution < 1.29 is 86.5 Å². The van der Waals surface area contributed by atoms with Crippen LogP contribution in [0.25, 0.3) is 0 Å². The van der Waals surface area contributed by atoms with Gasteiger partial charge in [0.05, 0.1) is 32.0 Å². The van der Waals surface area contributed by atoms with E-state index in [1.807, 2.05) is 0 Å². The van der Waals surface area contributed by atoms with Crippen LogP contribution < -0.4 is 0 Å². The molecule has 3 rings (SSSR count). The quantitative estimate of drug-likeness (QED) is 0.107. The van der Waals surface area contributed by atoms with Crippen molar-refractivity contribution in [1.29, 1.82) is 0 Å². The van der Waals surface area contributed by atoms with Gasteiger partial charge in [-0.1, -0.05) is 0 Å². The summed E-state index contributed by atoms with van der Waals surface area (Å²) in [6.45, 7) is -0.583. The third kappa shape index (κ3) is 7.59. The number of carbonyl (C=O) groups is 1. The molecule has 3 heterocycles. The Bertz CT molecular complexity index is 974. The van der Waals surface area contributed by atoms with Gasteiger partial charge in [-0.05, 0) is 13.0 Å². The first-order valence-electron chi connectivity index (χ1n) is 11.7. The Hall–Kier alpha value is -1.56. The van der Waals surface area contributed by atoms with Gasteiger partial charge < -0.3 is 64.5 Å². The Balaban J connectivity index is 1.73. The average molecular weight is 593 g/mol. The Morgan fingerprint density at radius 3 is 2.13 bits per heavy atom. The van der Waals surface area contributed by atoms with Gasteiger partial charge in [0.1, 0.15) is 36.6 Å². The number of carboxylic acids is 1. The molecule has 0 aromatic rings. The van der Waals surface area contributed by atoms with Gasteiger partial charge in [-0.15, -0.1) is 0 Å². The van der Waals surface area contributed by atoms with Gasteiger partial charge in [-0.2, -0.15) is 8.42 Å². The molecule has 0 saturated carbocycles. The zero-order valence-corrected chi connectivity index (χ0v) is 21.1. The smallest absolute Gasteiger partial charge is 0.397 e. The zero-order chi connectivity index (χ0) is 29.2. The largest absolute Gasteiger partial charge is 0.475 e. The van der Waals surface area contributed by atoms with Crippen LogP contribution in [0.15, 0.2) is 11.8 Å². The van der Waals surface area contributed by atoms with E-state index in [-0.39, 0.29) is 0 Å². The summed E-state index contributed by atoms with van der Waals surface area (Å²) in [5, 5.41) is 80.4. The van der Waals surface area contributed by atoms with Crippen molar-refractivity contribution in [2.24, 2.45) is 11.8 Å². The highest BCUT2D eigenvalue weighted by Crippen LogP contribution is 2.34. The molecule has 13 atom stereocenters. The van der Waals surface area contributed by atoms with Crippen molar-refractivity contribution in [3.8, 4) is 0 Å². The summed E-state index contributed by atoms with van der Waals surface area (Å²) in [5.41, 5.74) is 0. The molecule has 9 unspecified atom stereocenters. The first-order chi connectivity index (χ1) is 18.1. The zero-order valence-electron chi connectivity index (χ0n) is 20.3. The lowest BCUT2D eigenvalue weighted by Crippen LogP contribution is -2.60. The van der Waals surface area contributed by atoms with Gasteiger partial charge in [0.2, 0.25) is 12.0 Å². The summed E-state index contributed by atoms with van der Waals surface area (Å²) in [7, 11) is -5.10. The van der Waals surface area contributed by atoms with Crippen LogP contribution in [0.5, 0.6) is 0 Å². The summed E-state index contributed by atoms with van der Waals surface area (Å²) >= 11 is 0. The maximum atomic E-state index is 11.2. The highest BCUT2D eigenvalue weighted by molar-refractivity contribution is 7.80. The first kappa shape index (κ1) is 32.0. The third-order valence-electron chi connectivity index (χ3n) is 6.56. The molecule has 3 aliphatic heterocycles. The molecule has 39 heavy (non-hydrogen) atoms. The number of carboxylic acid groups (broad SMARTS) is 1. The summed E-state index contributed by atoms with van der Waals surface area (Å²) in [5.74, 6) is -4.63. The fourth-order valence-corrected chi connectivity index (χ4v) is 4.89. The summed E-state index contributed by atoms with van der Waals surface area (Å²) in [4.78, 5) is 11.2. The second kappa shape index (κ2) is 13.0. The van der Waals surface area contributed by atoms with Gasteiger partial charge in [-0.3, -0.25) is 4.55 Å². The third-order valence-corrected chi connectivity index (χ3v) is 7.02. The maximum absolute atomic E-state index is 11.2. The van der Waals surface area contributed by atoms with Crippen LogP contribution >= 0.6 is 0 Å². The molecule has 3 aliphatic rings. The minimum Gasteiger partial charge on any atom is -0.475 e. The van der Waals surface area contributed by atoms with E-state index < -0.39 is 121 Å². The van der Waals surface area contributed by atoms with E-state index in [1.54, 1.807) is 0 Å². The molecule has 0 bridgehead atoms. The molecule has 226 valence electrons. The maximum Gasteiger partial charge on any atom is 0.397 e. The molecule has 18 nitrogen and oxygen atoms in total. The second-order valence-electron chi connectivity index (χ2n) is 9.22. The normalized spacial score (nSPS) is 43.4.